The van der Waals surface area contributed by atoms with Crippen LogP contribution in [0.3, 0.4) is 0 Å². The van der Waals surface area contributed by atoms with Crippen LogP contribution < -0.4 is 5.32 Å². The maximum absolute atomic E-state index is 5.02. The molecule has 6 heteroatoms. The van der Waals surface area contributed by atoms with Crippen molar-refractivity contribution in [3.05, 3.63) is 47.5 Å². The summed E-state index contributed by atoms with van der Waals surface area (Å²) < 4.78 is 8.39. The number of ether oxygens (including phenoxy) is 1. The van der Waals surface area contributed by atoms with Gasteiger partial charge in [-0.05, 0) is 12.1 Å². The zero-order valence-electron chi connectivity index (χ0n) is 12.0. The quantitative estimate of drug-likeness (QED) is 0.680. The predicted molar refractivity (Wildman–Crippen MR) is 84.5 cm³/mol. The van der Waals surface area contributed by atoms with Gasteiger partial charge in [-0.25, -0.2) is 9.97 Å². The van der Waals surface area contributed by atoms with Gasteiger partial charge in [0.05, 0.1) is 29.9 Å². The lowest BCUT2D eigenvalue weighted by atomic mass is 10.3. The average Bonchev–Trinajstić information content (AvgIpc) is 3.10. The van der Waals surface area contributed by atoms with Crippen molar-refractivity contribution in [3.63, 3.8) is 0 Å². The topological polar surface area (TPSA) is 52.0 Å². The fourth-order valence-corrected chi connectivity index (χ4v) is 3.13. The molecule has 0 radical (unpaired) electrons. The molecule has 0 aliphatic heterocycles. The Bertz CT molecular complexity index is 673. The number of para-hydroxylation sites is 1. The summed E-state index contributed by atoms with van der Waals surface area (Å²) in [5.41, 5.74) is 1.07. The molecule has 0 amide bonds. The van der Waals surface area contributed by atoms with Crippen LogP contribution in [-0.2, 0) is 17.8 Å². The minimum Gasteiger partial charge on any atom is -0.383 e. The lowest BCUT2D eigenvalue weighted by molar-refractivity contribution is 0.199. The lowest BCUT2D eigenvalue weighted by Crippen LogP contribution is -2.21. The second-order valence-electron chi connectivity index (χ2n) is 4.72. The summed E-state index contributed by atoms with van der Waals surface area (Å²) in [7, 11) is 1.70. The van der Waals surface area contributed by atoms with Crippen molar-refractivity contribution < 1.29 is 4.74 Å². The summed E-state index contributed by atoms with van der Waals surface area (Å²) in [5, 5.41) is 4.42. The van der Waals surface area contributed by atoms with E-state index in [2.05, 4.69) is 32.0 Å². The van der Waals surface area contributed by atoms with Crippen LogP contribution in [0.4, 0.5) is 0 Å². The number of nitrogens with zero attached hydrogens (tertiary/aromatic N) is 3. The van der Waals surface area contributed by atoms with Crippen molar-refractivity contribution in [2.75, 3.05) is 20.3 Å². The van der Waals surface area contributed by atoms with Crippen LogP contribution >= 0.6 is 11.3 Å². The highest BCUT2D eigenvalue weighted by atomic mass is 32.1. The predicted octanol–water partition coefficient (Wildman–Crippen LogP) is 2.28. The third-order valence-electron chi connectivity index (χ3n) is 3.21. The molecular formula is C15H18N4OS. The molecule has 0 saturated carbocycles. The first-order chi connectivity index (χ1) is 10.4. The molecule has 2 heterocycles. The molecule has 0 fully saturated rings. The maximum Gasteiger partial charge on any atom is 0.123 e. The van der Waals surface area contributed by atoms with Crippen molar-refractivity contribution in [1.29, 1.82) is 0 Å². The van der Waals surface area contributed by atoms with Crippen LogP contribution in [0.1, 0.15) is 10.8 Å². The number of rotatable bonds is 7. The van der Waals surface area contributed by atoms with Crippen molar-refractivity contribution >= 4 is 21.6 Å². The molecule has 3 rings (SSSR count). The molecule has 0 aliphatic carbocycles. The van der Waals surface area contributed by atoms with Gasteiger partial charge in [-0.2, -0.15) is 0 Å². The van der Waals surface area contributed by atoms with E-state index < -0.39 is 0 Å². The van der Waals surface area contributed by atoms with Crippen LogP contribution in [0, 0.1) is 0 Å². The summed E-state index contributed by atoms with van der Waals surface area (Å²) in [5.74, 6) is 1.02. The lowest BCUT2D eigenvalue weighted by Gasteiger charge is -2.07. The second-order valence-corrected chi connectivity index (χ2v) is 5.83. The molecule has 5 nitrogen and oxygen atoms in total. The molecule has 1 aromatic carbocycles. The van der Waals surface area contributed by atoms with Gasteiger partial charge < -0.3 is 14.6 Å². The van der Waals surface area contributed by atoms with E-state index in [1.165, 1.54) is 4.70 Å². The van der Waals surface area contributed by atoms with E-state index in [0.717, 1.165) is 36.0 Å². The first kappa shape index (κ1) is 14.2. The summed E-state index contributed by atoms with van der Waals surface area (Å²) in [6.45, 7) is 3.03. The third kappa shape index (κ3) is 3.47. The van der Waals surface area contributed by atoms with E-state index in [9.17, 15) is 0 Å². The highest BCUT2D eigenvalue weighted by Crippen LogP contribution is 2.22. The fraction of sp³-hybridized carbons (Fsp3) is 0.333. The Morgan fingerprint density at radius 3 is 3.10 bits per heavy atom. The van der Waals surface area contributed by atoms with E-state index >= 15 is 0 Å². The van der Waals surface area contributed by atoms with Crippen molar-refractivity contribution in [2.45, 2.75) is 13.1 Å². The van der Waals surface area contributed by atoms with E-state index in [1.807, 2.05) is 24.5 Å². The largest absolute Gasteiger partial charge is 0.383 e. The summed E-state index contributed by atoms with van der Waals surface area (Å²) in [6, 6.07) is 8.23. The number of benzene rings is 1. The first-order valence-electron chi connectivity index (χ1n) is 6.91. The number of fused-ring (bicyclic) bond motifs is 1. The average molecular weight is 302 g/mol. The molecule has 0 aliphatic rings. The number of nitrogens with one attached hydrogen (secondary N) is 1. The molecule has 110 valence electrons. The smallest absolute Gasteiger partial charge is 0.123 e. The van der Waals surface area contributed by atoms with E-state index in [-0.39, 0.29) is 0 Å². The standard InChI is InChI=1S/C15H18N4OS/c1-20-9-7-16-10-14-17-6-8-19(14)11-15-18-12-4-2-3-5-13(12)21-15/h2-6,8,16H,7,9-11H2,1H3. The highest BCUT2D eigenvalue weighted by molar-refractivity contribution is 7.18. The van der Waals surface area contributed by atoms with Crippen LogP contribution in [0.2, 0.25) is 0 Å². The zero-order chi connectivity index (χ0) is 14.5. The van der Waals surface area contributed by atoms with E-state index in [1.54, 1.807) is 18.4 Å². The minimum atomic E-state index is 0.707. The molecule has 0 saturated heterocycles. The Balaban J connectivity index is 1.68. The van der Waals surface area contributed by atoms with Gasteiger partial charge in [0, 0.05) is 26.0 Å². The van der Waals surface area contributed by atoms with Gasteiger partial charge in [0.15, 0.2) is 0 Å². The zero-order valence-corrected chi connectivity index (χ0v) is 12.8. The van der Waals surface area contributed by atoms with Crippen LogP contribution in [-0.4, -0.2) is 34.8 Å². The molecule has 0 spiro atoms. The normalized spacial score (nSPS) is 11.3. The van der Waals surface area contributed by atoms with Gasteiger partial charge in [0.2, 0.25) is 0 Å². The summed E-state index contributed by atoms with van der Waals surface area (Å²) in [6.07, 6.45) is 3.83. The monoisotopic (exact) mass is 302 g/mol. The minimum absolute atomic E-state index is 0.707. The first-order valence-corrected chi connectivity index (χ1v) is 7.72. The SMILES string of the molecule is COCCNCc1nccn1Cc1nc2ccccc2s1. The van der Waals surface area contributed by atoms with Gasteiger partial charge >= 0.3 is 0 Å². The number of hydrogen-bond donors (Lipinski definition) is 1. The van der Waals surface area contributed by atoms with Crippen molar-refractivity contribution in [3.8, 4) is 0 Å². The van der Waals surface area contributed by atoms with Gasteiger partial charge in [0.1, 0.15) is 10.8 Å². The molecule has 3 aromatic rings. The number of aromatic nitrogens is 3. The van der Waals surface area contributed by atoms with Crippen molar-refractivity contribution in [2.24, 2.45) is 0 Å². The molecule has 2 aromatic heterocycles. The van der Waals surface area contributed by atoms with Crippen LogP contribution in [0.15, 0.2) is 36.7 Å². The van der Waals surface area contributed by atoms with Gasteiger partial charge in [-0.1, -0.05) is 12.1 Å². The highest BCUT2D eigenvalue weighted by Gasteiger charge is 2.07. The van der Waals surface area contributed by atoms with Crippen LogP contribution in [0.5, 0.6) is 0 Å². The molecule has 1 N–H and O–H groups in total. The third-order valence-corrected chi connectivity index (χ3v) is 4.23. The van der Waals surface area contributed by atoms with Crippen LogP contribution in [0.25, 0.3) is 10.2 Å². The molecule has 0 bridgehead atoms. The van der Waals surface area contributed by atoms with Gasteiger partial charge in [0.25, 0.3) is 0 Å². The maximum atomic E-state index is 5.02. The molecule has 0 unspecified atom stereocenters. The Kier molecular flexibility index (Phi) is 4.59. The van der Waals surface area contributed by atoms with E-state index in [0.29, 0.717) is 6.61 Å². The Hall–Kier alpha value is -1.76. The second kappa shape index (κ2) is 6.80. The molecular weight excluding hydrogens is 284 g/mol. The number of hydrogen-bond acceptors (Lipinski definition) is 5. The van der Waals surface area contributed by atoms with Gasteiger partial charge in [-0.3, -0.25) is 0 Å². The number of thiazole rings is 1. The summed E-state index contributed by atoms with van der Waals surface area (Å²) in [4.78, 5) is 9.07. The Labute approximate surface area is 127 Å². The molecule has 0 atom stereocenters. The summed E-state index contributed by atoms with van der Waals surface area (Å²) >= 11 is 1.74. The van der Waals surface area contributed by atoms with E-state index in [4.69, 9.17) is 4.74 Å². The Morgan fingerprint density at radius 2 is 2.24 bits per heavy atom. The molecule has 21 heavy (non-hydrogen) atoms. The fourth-order valence-electron chi connectivity index (χ4n) is 2.16. The number of imidazole rings is 1. The van der Waals surface area contributed by atoms with Crippen molar-refractivity contribution in [1.82, 2.24) is 19.9 Å². The Morgan fingerprint density at radius 1 is 1.33 bits per heavy atom. The number of methoxy groups -OCH3 is 1. The van der Waals surface area contributed by atoms with Gasteiger partial charge in [-0.15, -0.1) is 11.3 Å².